The van der Waals surface area contributed by atoms with E-state index in [1.54, 1.807) is 318 Å². The van der Waals surface area contributed by atoms with Gasteiger partial charge in [-0.25, -0.2) is 0 Å². The van der Waals surface area contributed by atoms with Gasteiger partial charge in [0, 0.05) is 26.1 Å². The van der Waals surface area contributed by atoms with Gasteiger partial charge in [-0.05, 0) is 350 Å². The maximum Gasteiger partial charge on any atom is 0.0590 e. The molecule has 1 aliphatic heterocycles. The molecule has 2 spiro atoms. The van der Waals surface area contributed by atoms with Gasteiger partial charge in [0.2, 0.25) is 0 Å². The predicted molar refractivity (Wildman–Crippen MR) is 342 cm³/mol. The minimum absolute atomic E-state index is 0.158. The molecule has 31 aromatic rings. The fourth-order valence-electron chi connectivity index (χ4n) is 27.3. The number of rotatable bonds is 3. The SMILES string of the molecule is CN1CC23c4c5c6c7c8c9c(c%10c%11c2c2c4c4c%12c5c5c6c6c8c8c%13c9c9c%10c%10c%11c%11c2c2c4c4c%12c%12c5c5c6c8c6c8c%13c9c9c%10c%10c%11c2c2c4c4c%12c5c6c5c8c9c%10c2c45)C73C1c1ccc(-c2ccc(-c3ccccc3)s2)s1. The molecule has 80 heavy (non-hydrogen) atoms. The van der Waals surface area contributed by atoms with Crippen LogP contribution in [0.25, 0.3) is 311 Å². The van der Waals surface area contributed by atoms with Gasteiger partial charge < -0.3 is 0 Å². The van der Waals surface area contributed by atoms with Crippen molar-refractivity contribution in [3.8, 4) is 20.2 Å². The van der Waals surface area contributed by atoms with Crippen LogP contribution in [-0.4, -0.2) is 18.5 Å². The van der Waals surface area contributed by atoms with E-state index in [-0.39, 0.29) is 16.9 Å². The van der Waals surface area contributed by atoms with Crippen molar-refractivity contribution >= 4 is 314 Å². The van der Waals surface area contributed by atoms with Crippen LogP contribution in [0, 0.1) is 0 Å². The molecule has 29 aromatic carbocycles. The molecule has 1 atom stereocenters. The van der Waals surface area contributed by atoms with Gasteiger partial charge in [0.15, 0.2) is 0 Å². The van der Waals surface area contributed by atoms with Crippen LogP contribution < -0.4 is 0 Å². The van der Waals surface area contributed by atoms with Gasteiger partial charge >= 0.3 is 0 Å². The molecule has 0 N–H and O–H groups in total. The number of hydrogen-bond acceptors (Lipinski definition) is 3. The topological polar surface area (TPSA) is 3.24 Å². The predicted octanol–water partition coefficient (Wildman–Crippen LogP) is 21.4. The lowest BCUT2D eigenvalue weighted by Gasteiger charge is -2.52. The Morgan fingerprint density at radius 2 is 0.525 bits per heavy atom. The summed E-state index contributed by atoms with van der Waals surface area (Å²) in [6.07, 6.45) is 0. The highest BCUT2D eigenvalue weighted by atomic mass is 32.1. The average molecular weight is 1020 g/mol. The summed E-state index contributed by atoms with van der Waals surface area (Å²) in [6.45, 7) is 1.04. The summed E-state index contributed by atoms with van der Waals surface area (Å²) in [6, 6.07) is 21.2. The lowest BCUT2D eigenvalue weighted by Crippen LogP contribution is -2.51. The number of likely N-dealkylation sites (tertiary alicyclic amines) is 1. The number of benzene rings is 19. The van der Waals surface area contributed by atoms with Crippen LogP contribution in [0.4, 0.5) is 0 Å². The number of thiophene rings is 2. The quantitative estimate of drug-likeness (QED) is 0.159. The van der Waals surface area contributed by atoms with Gasteiger partial charge in [-0.2, -0.15) is 0 Å². The highest BCUT2D eigenvalue weighted by Crippen LogP contribution is 2.87. The Balaban J connectivity index is 0.969. The highest BCUT2D eigenvalue weighted by molar-refractivity contribution is 7.24. The first-order chi connectivity index (χ1) is 39.8. The molecule has 1 saturated heterocycles. The van der Waals surface area contributed by atoms with Gasteiger partial charge in [-0.1, -0.05) is 30.3 Å². The third-order valence-corrected chi connectivity index (χ3v) is 30.2. The molecule has 1 nitrogen and oxygen atoms in total. The second-order valence-electron chi connectivity index (χ2n) is 28.5. The number of nitrogens with zero attached hydrogens (tertiary/aromatic N) is 1. The Morgan fingerprint density at radius 3 is 0.838 bits per heavy atom. The normalized spacial score (nSPS) is 22.4. The molecule has 5 aliphatic rings. The van der Waals surface area contributed by atoms with Crippen LogP contribution in [0.5, 0.6) is 0 Å². The molecule has 4 aliphatic carbocycles. The summed E-state index contributed by atoms with van der Waals surface area (Å²) in [5.41, 5.74) is 7.83. The van der Waals surface area contributed by atoms with Gasteiger partial charge in [-0.15, -0.1) is 22.7 Å². The fraction of sp³-hybridized carbons (Fsp3) is 0.0649. The zero-order valence-corrected chi connectivity index (χ0v) is 42.9. The van der Waals surface area contributed by atoms with Crippen molar-refractivity contribution < 1.29 is 0 Å². The maximum absolute atomic E-state index is 2.99. The van der Waals surface area contributed by atoms with Crippen LogP contribution >= 0.6 is 22.7 Å². The molecule has 2 aromatic heterocycles. The lowest BCUT2D eigenvalue weighted by atomic mass is 9.48. The minimum Gasteiger partial charge on any atom is -0.296 e. The van der Waals surface area contributed by atoms with Crippen molar-refractivity contribution in [3.63, 3.8) is 0 Å². The molecule has 340 valence electrons. The van der Waals surface area contributed by atoms with Crippen molar-refractivity contribution in [2.45, 2.75) is 16.9 Å². The van der Waals surface area contributed by atoms with Crippen LogP contribution in [0.15, 0.2) is 54.6 Å². The molecule has 0 bridgehead atoms. The smallest absolute Gasteiger partial charge is 0.0590 e. The molecular formula is C77H15NS2. The second kappa shape index (κ2) is 7.57. The van der Waals surface area contributed by atoms with Gasteiger partial charge in [0.1, 0.15) is 0 Å². The molecule has 1 fully saturated rings. The largest absolute Gasteiger partial charge is 0.296 e. The van der Waals surface area contributed by atoms with E-state index in [0.29, 0.717) is 0 Å². The Hall–Kier alpha value is -8.96. The summed E-state index contributed by atoms with van der Waals surface area (Å²) in [5, 5.41) is 90.4. The van der Waals surface area contributed by atoms with Crippen molar-refractivity contribution in [2.24, 2.45) is 0 Å². The first kappa shape index (κ1) is 31.6. The second-order valence-corrected chi connectivity index (χ2v) is 30.7. The third-order valence-electron chi connectivity index (χ3n) is 27.7. The van der Waals surface area contributed by atoms with Crippen molar-refractivity contribution in [1.82, 2.24) is 4.90 Å². The monoisotopic (exact) mass is 1020 g/mol. The van der Waals surface area contributed by atoms with Crippen molar-refractivity contribution in [2.75, 3.05) is 13.6 Å². The Kier molecular flexibility index (Phi) is 2.99. The van der Waals surface area contributed by atoms with Crippen LogP contribution in [-0.2, 0) is 10.8 Å². The van der Waals surface area contributed by atoms with E-state index in [4.69, 9.17) is 0 Å². The highest BCUT2D eigenvalue weighted by Gasteiger charge is 2.76. The Morgan fingerprint density at radius 1 is 0.275 bits per heavy atom. The summed E-state index contributed by atoms with van der Waals surface area (Å²) in [4.78, 5) is 8.73. The molecule has 0 radical (unpaired) electrons. The minimum atomic E-state index is -0.333. The van der Waals surface area contributed by atoms with E-state index in [9.17, 15) is 0 Å². The van der Waals surface area contributed by atoms with Crippen molar-refractivity contribution in [3.05, 3.63) is 81.7 Å². The molecule has 0 amide bonds. The van der Waals surface area contributed by atoms with Gasteiger partial charge in [-0.3, -0.25) is 4.90 Å². The van der Waals surface area contributed by atoms with E-state index in [2.05, 4.69) is 77.9 Å². The summed E-state index contributed by atoms with van der Waals surface area (Å²) < 4.78 is 0. The average Bonchev–Trinajstić information content (AvgIpc) is 1.99. The Labute approximate surface area is 447 Å². The number of likely N-dealkylation sites (N-methyl/N-ethyl adjacent to an activating group) is 1. The molecule has 3 heteroatoms. The summed E-state index contributed by atoms with van der Waals surface area (Å²) in [5.74, 6) is 0. The fourth-order valence-corrected chi connectivity index (χ4v) is 29.7. The lowest BCUT2D eigenvalue weighted by molar-refractivity contribution is 0.276. The summed E-state index contributed by atoms with van der Waals surface area (Å²) >= 11 is 4.11. The first-order valence-electron chi connectivity index (χ1n) is 29.5. The van der Waals surface area contributed by atoms with E-state index >= 15 is 0 Å². The van der Waals surface area contributed by atoms with Crippen LogP contribution in [0.2, 0.25) is 0 Å². The molecule has 36 rings (SSSR count). The Bertz CT molecular complexity index is 7950. The molecule has 3 heterocycles. The van der Waals surface area contributed by atoms with Crippen LogP contribution in [0.1, 0.15) is 33.2 Å². The van der Waals surface area contributed by atoms with E-state index in [0.717, 1.165) is 6.54 Å². The van der Waals surface area contributed by atoms with E-state index in [1.807, 2.05) is 11.3 Å². The third kappa shape index (κ3) is 1.84. The summed E-state index contributed by atoms with van der Waals surface area (Å²) in [7, 11) is 2.61. The zero-order chi connectivity index (χ0) is 48.0. The van der Waals surface area contributed by atoms with E-state index < -0.39 is 0 Å². The molecule has 0 saturated carbocycles. The maximum atomic E-state index is 2.99. The van der Waals surface area contributed by atoms with Gasteiger partial charge in [0.25, 0.3) is 0 Å². The molecule has 1 unspecified atom stereocenters. The first-order valence-corrected chi connectivity index (χ1v) is 31.1. The van der Waals surface area contributed by atoms with Crippen LogP contribution in [0.3, 0.4) is 0 Å². The standard InChI is InChI=1S/C77H15NS2/c1-78-11-76-71-63-55-45-35-27-19-17-18-21-25-23(19)31-39-33(25)43-37-29(21)30-22(18)26-24-20(17)28(27)36-42-32(24)40-34(26)44-38(30)48-47(37)59-53(43)61-51(39)57(49(55)41(31)35)65(71)67(61)73-69(59)70-60(48)54(44)62-52(40)58-50(42)56(46(36)45)64(63)72(76)66(58)68(62)74(70)77(73,76)75(78)16-10-9-15(80-16)14-8-7-13(79-14)12-5-3-2-4-6-12/h2-10,75H,11H2,1H3. The molecular weight excluding hydrogens is 1000 g/mol. The number of hydrogen-bond donors (Lipinski definition) is 0. The van der Waals surface area contributed by atoms with E-state index in [1.165, 1.54) is 20.2 Å². The van der Waals surface area contributed by atoms with Gasteiger partial charge in [0.05, 0.1) is 16.9 Å². The van der Waals surface area contributed by atoms with Crippen molar-refractivity contribution in [1.29, 1.82) is 0 Å². The zero-order valence-electron chi connectivity index (χ0n) is 41.2.